The van der Waals surface area contributed by atoms with E-state index in [-0.39, 0.29) is 25.3 Å². The minimum atomic E-state index is -2.71. The Balaban J connectivity index is 1.51. The number of alkyl halides is 2. The van der Waals surface area contributed by atoms with Gasteiger partial charge >= 0.3 is 0 Å². The number of rotatable bonds is 3. The van der Waals surface area contributed by atoms with Crippen LogP contribution in [-0.2, 0) is 13.6 Å². The summed E-state index contributed by atoms with van der Waals surface area (Å²) in [5.74, 6) is -2.60. The standard InChI is InChI=1S/C20H17F3N6/c1-28-9-13(8-27-28)14-5-15-12(4-16(14)21)7-24-19(15)17-6-18(26-11-25-17)29-3-2-20(22,23)10-29/h4-6,8-9,11H,2-3,7,10H2,1H3. The number of benzene rings is 1. The van der Waals surface area contributed by atoms with Crippen LogP contribution in [0.3, 0.4) is 0 Å². The molecule has 29 heavy (non-hydrogen) atoms. The van der Waals surface area contributed by atoms with Gasteiger partial charge in [0.05, 0.1) is 30.7 Å². The van der Waals surface area contributed by atoms with E-state index in [0.717, 1.165) is 11.1 Å². The van der Waals surface area contributed by atoms with Crippen LogP contribution in [0.1, 0.15) is 23.2 Å². The van der Waals surface area contributed by atoms with Gasteiger partial charge in [0, 0.05) is 49.0 Å². The molecule has 5 rings (SSSR count). The zero-order valence-electron chi connectivity index (χ0n) is 15.6. The van der Waals surface area contributed by atoms with Crippen molar-refractivity contribution >= 4 is 11.5 Å². The third-order valence-corrected chi connectivity index (χ3v) is 5.26. The minimum Gasteiger partial charge on any atom is -0.350 e. The van der Waals surface area contributed by atoms with E-state index < -0.39 is 5.92 Å². The van der Waals surface area contributed by atoms with E-state index in [1.807, 2.05) is 0 Å². The van der Waals surface area contributed by atoms with Gasteiger partial charge in [-0.2, -0.15) is 5.10 Å². The van der Waals surface area contributed by atoms with Gasteiger partial charge in [0.25, 0.3) is 5.92 Å². The molecule has 0 unspecified atom stereocenters. The highest BCUT2D eigenvalue weighted by Crippen LogP contribution is 2.33. The summed E-state index contributed by atoms with van der Waals surface area (Å²) in [7, 11) is 1.77. The zero-order valence-corrected chi connectivity index (χ0v) is 15.6. The van der Waals surface area contributed by atoms with Crippen LogP contribution in [0.15, 0.2) is 41.9 Å². The number of aliphatic imine (C=N–C) groups is 1. The van der Waals surface area contributed by atoms with Crippen LogP contribution < -0.4 is 4.90 Å². The first kappa shape index (κ1) is 17.8. The van der Waals surface area contributed by atoms with Gasteiger partial charge in [-0.05, 0) is 17.7 Å². The van der Waals surface area contributed by atoms with E-state index in [1.165, 1.54) is 12.4 Å². The number of aryl methyl sites for hydroxylation is 1. The van der Waals surface area contributed by atoms with Crippen LogP contribution in [0.4, 0.5) is 19.0 Å². The van der Waals surface area contributed by atoms with Crippen LogP contribution in [0.5, 0.6) is 0 Å². The summed E-state index contributed by atoms with van der Waals surface area (Å²) in [5.41, 5.74) is 3.79. The molecule has 0 radical (unpaired) electrons. The molecule has 1 saturated heterocycles. The highest BCUT2D eigenvalue weighted by Gasteiger charge is 2.39. The largest absolute Gasteiger partial charge is 0.350 e. The smallest absolute Gasteiger partial charge is 0.266 e. The Bertz CT molecular complexity index is 1140. The predicted molar refractivity (Wildman–Crippen MR) is 102 cm³/mol. The minimum absolute atomic E-state index is 0.191. The highest BCUT2D eigenvalue weighted by molar-refractivity contribution is 6.14. The van der Waals surface area contributed by atoms with Crippen molar-refractivity contribution in [3.63, 3.8) is 0 Å². The summed E-state index contributed by atoms with van der Waals surface area (Å²) in [6.45, 7) is 0.224. The summed E-state index contributed by atoms with van der Waals surface area (Å²) < 4.78 is 43.4. The third kappa shape index (κ3) is 3.16. The second-order valence-electron chi connectivity index (χ2n) is 7.35. The van der Waals surface area contributed by atoms with Crippen LogP contribution >= 0.6 is 0 Å². The Morgan fingerprint density at radius 3 is 2.69 bits per heavy atom. The Labute approximate surface area is 164 Å². The fourth-order valence-electron chi connectivity index (χ4n) is 3.80. The van der Waals surface area contributed by atoms with Gasteiger partial charge in [-0.15, -0.1) is 0 Å². The van der Waals surface area contributed by atoms with Crippen molar-refractivity contribution in [2.45, 2.75) is 18.9 Å². The first-order valence-electron chi connectivity index (χ1n) is 9.21. The molecule has 0 spiro atoms. The normalized spacial score (nSPS) is 17.5. The summed E-state index contributed by atoms with van der Waals surface area (Å²) in [4.78, 5) is 14.5. The van der Waals surface area contributed by atoms with Crippen LogP contribution in [0.25, 0.3) is 11.1 Å². The van der Waals surface area contributed by atoms with E-state index >= 15 is 0 Å². The molecule has 148 valence electrons. The molecule has 1 fully saturated rings. The molecule has 2 aliphatic rings. The lowest BCUT2D eigenvalue weighted by Crippen LogP contribution is -2.26. The Kier molecular flexibility index (Phi) is 3.94. The van der Waals surface area contributed by atoms with Gasteiger partial charge in [0.2, 0.25) is 0 Å². The van der Waals surface area contributed by atoms with Gasteiger partial charge in [-0.1, -0.05) is 0 Å². The van der Waals surface area contributed by atoms with Crippen molar-refractivity contribution < 1.29 is 13.2 Å². The maximum absolute atomic E-state index is 14.6. The topological polar surface area (TPSA) is 59.2 Å². The summed E-state index contributed by atoms with van der Waals surface area (Å²) in [5, 5.41) is 4.10. The van der Waals surface area contributed by atoms with E-state index in [9.17, 15) is 13.2 Å². The average molecular weight is 398 g/mol. The second kappa shape index (κ2) is 6.40. The lowest BCUT2D eigenvalue weighted by molar-refractivity contribution is 0.0256. The molecule has 6 nitrogen and oxygen atoms in total. The monoisotopic (exact) mass is 398 g/mol. The Hall–Kier alpha value is -3.23. The Morgan fingerprint density at radius 2 is 1.97 bits per heavy atom. The molecule has 0 amide bonds. The van der Waals surface area contributed by atoms with E-state index in [2.05, 4.69) is 20.1 Å². The molecule has 0 saturated carbocycles. The molecule has 2 aromatic heterocycles. The molecule has 0 aliphatic carbocycles. The zero-order chi connectivity index (χ0) is 20.2. The van der Waals surface area contributed by atoms with E-state index in [1.54, 1.807) is 41.2 Å². The van der Waals surface area contributed by atoms with Crippen molar-refractivity contribution in [2.75, 3.05) is 18.0 Å². The number of fused-ring (bicyclic) bond motifs is 1. The number of nitrogens with zero attached hydrogens (tertiary/aromatic N) is 6. The van der Waals surface area contributed by atoms with E-state index in [4.69, 9.17) is 0 Å². The van der Waals surface area contributed by atoms with Crippen LogP contribution in [0.2, 0.25) is 0 Å². The van der Waals surface area contributed by atoms with Crippen molar-refractivity contribution in [3.8, 4) is 11.1 Å². The summed E-state index contributed by atoms with van der Waals surface area (Å²) >= 11 is 0. The molecule has 0 N–H and O–H groups in total. The van der Waals surface area contributed by atoms with E-state index in [0.29, 0.717) is 34.9 Å². The number of aromatic nitrogens is 4. The molecule has 1 aromatic carbocycles. The first-order valence-corrected chi connectivity index (χ1v) is 9.21. The van der Waals surface area contributed by atoms with Gasteiger partial charge in [-0.3, -0.25) is 9.67 Å². The SMILES string of the molecule is Cn1cc(-c2cc3c(cc2F)CN=C3c2cc(N3CCC(F)(F)C3)ncn2)cn1. The molecule has 0 bridgehead atoms. The number of hydrogen-bond donors (Lipinski definition) is 0. The van der Waals surface area contributed by atoms with Crippen LogP contribution in [-0.4, -0.2) is 44.5 Å². The fraction of sp³-hybridized carbons (Fsp3) is 0.300. The first-order chi connectivity index (χ1) is 13.9. The molecule has 9 heteroatoms. The number of halogens is 3. The maximum atomic E-state index is 14.6. The van der Waals surface area contributed by atoms with Gasteiger partial charge in [0.1, 0.15) is 18.0 Å². The van der Waals surface area contributed by atoms with Gasteiger partial charge in [-0.25, -0.2) is 23.1 Å². The van der Waals surface area contributed by atoms with Gasteiger partial charge < -0.3 is 4.90 Å². The Morgan fingerprint density at radius 1 is 1.10 bits per heavy atom. The second-order valence-corrected chi connectivity index (χ2v) is 7.35. The molecular weight excluding hydrogens is 381 g/mol. The number of anilines is 1. The highest BCUT2D eigenvalue weighted by atomic mass is 19.3. The fourth-order valence-corrected chi connectivity index (χ4v) is 3.80. The van der Waals surface area contributed by atoms with Crippen molar-refractivity contribution in [1.82, 2.24) is 19.7 Å². The molecule has 4 heterocycles. The molecular formula is C20H17F3N6. The summed E-state index contributed by atoms with van der Waals surface area (Å²) in [6.07, 6.45) is 4.51. The average Bonchev–Trinajstić information content (AvgIpc) is 3.39. The van der Waals surface area contributed by atoms with Crippen LogP contribution in [0, 0.1) is 5.82 Å². The maximum Gasteiger partial charge on any atom is 0.266 e. The molecule has 0 atom stereocenters. The lowest BCUT2D eigenvalue weighted by atomic mass is 9.97. The van der Waals surface area contributed by atoms with Crippen molar-refractivity contribution in [3.05, 3.63) is 59.6 Å². The molecule has 3 aromatic rings. The van der Waals surface area contributed by atoms with Crippen molar-refractivity contribution in [2.24, 2.45) is 12.0 Å². The van der Waals surface area contributed by atoms with Gasteiger partial charge in [0.15, 0.2) is 0 Å². The van der Waals surface area contributed by atoms with Crippen molar-refractivity contribution in [1.29, 1.82) is 0 Å². The quantitative estimate of drug-likeness (QED) is 0.680. The lowest BCUT2D eigenvalue weighted by Gasteiger charge is -2.17. The third-order valence-electron chi connectivity index (χ3n) is 5.26. The number of hydrogen-bond acceptors (Lipinski definition) is 5. The molecule has 2 aliphatic heterocycles. The summed E-state index contributed by atoms with van der Waals surface area (Å²) in [6, 6.07) is 4.90. The predicted octanol–water partition coefficient (Wildman–Crippen LogP) is 3.21.